The van der Waals surface area contributed by atoms with Crippen molar-refractivity contribution in [2.24, 2.45) is 0 Å². The molecule has 0 aliphatic rings. The molecular weight excluding hydrogens is 370 g/mol. The second-order valence-corrected chi connectivity index (χ2v) is 7.57. The summed E-state index contributed by atoms with van der Waals surface area (Å²) in [6.07, 6.45) is 1.72. The van der Waals surface area contributed by atoms with E-state index in [0.29, 0.717) is 12.1 Å². The van der Waals surface area contributed by atoms with Crippen molar-refractivity contribution >= 4 is 39.7 Å². The monoisotopic (exact) mass is 391 g/mol. The first kappa shape index (κ1) is 18.2. The molecule has 0 fully saturated rings. The van der Waals surface area contributed by atoms with Gasteiger partial charge in [0.25, 0.3) is 5.91 Å². The number of anilines is 2. The van der Waals surface area contributed by atoms with Crippen LogP contribution in [0.5, 0.6) is 0 Å². The number of hydrogen-bond acceptors (Lipinski definition) is 5. The van der Waals surface area contributed by atoms with E-state index in [-0.39, 0.29) is 5.91 Å². The summed E-state index contributed by atoms with van der Waals surface area (Å²) in [4.78, 5) is 20.9. The topological polar surface area (TPSA) is 63.1 Å². The van der Waals surface area contributed by atoms with Crippen molar-refractivity contribution in [1.29, 1.82) is 0 Å². The summed E-state index contributed by atoms with van der Waals surface area (Å²) in [5, 5.41) is 10.1. The molecule has 3 aromatic heterocycles. The molecule has 7 heteroatoms. The minimum absolute atomic E-state index is 0.168. The normalized spacial score (nSPS) is 11.0. The van der Waals surface area contributed by atoms with E-state index in [1.165, 1.54) is 0 Å². The van der Waals surface area contributed by atoms with Gasteiger partial charge >= 0.3 is 0 Å². The summed E-state index contributed by atoms with van der Waals surface area (Å²) in [6, 6.07) is 13.6. The van der Waals surface area contributed by atoms with E-state index in [2.05, 4.69) is 10.4 Å². The van der Waals surface area contributed by atoms with E-state index >= 15 is 0 Å². The average Bonchev–Trinajstić information content (AvgIpc) is 3.37. The first-order valence-corrected chi connectivity index (χ1v) is 9.94. The molecule has 4 rings (SSSR count). The number of benzene rings is 1. The minimum Gasteiger partial charge on any atom is -0.378 e. The smallest absolute Gasteiger partial charge is 0.256 e. The Morgan fingerprint density at radius 2 is 2.00 bits per heavy atom. The zero-order valence-corrected chi connectivity index (χ0v) is 16.8. The largest absolute Gasteiger partial charge is 0.378 e. The Morgan fingerprint density at radius 3 is 2.64 bits per heavy atom. The third kappa shape index (κ3) is 3.36. The predicted molar refractivity (Wildman–Crippen MR) is 115 cm³/mol. The van der Waals surface area contributed by atoms with Crippen LogP contribution >= 0.6 is 11.3 Å². The Morgan fingerprint density at radius 1 is 1.21 bits per heavy atom. The van der Waals surface area contributed by atoms with Crippen molar-refractivity contribution in [3.05, 3.63) is 59.6 Å². The van der Waals surface area contributed by atoms with Gasteiger partial charge in [-0.3, -0.25) is 4.79 Å². The van der Waals surface area contributed by atoms with Crippen LogP contribution in [0.25, 0.3) is 21.6 Å². The fourth-order valence-corrected chi connectivity index (χ4v) is 3.74. The standard InChI is InChI=1S/C21H21N5OS/c1-4-26-20-17(13-22-26)16(12-18(24-20)19-6-5-11-28-19)21(27)23-14-7-9-15(10-8-14)25(2)3/h5-13H,4H2,1-3H3,(H,23,27). The maximum Gasteiger partial charge on any atom is 0.256 e. The van der Waals surface area contributed by atoms with Gasteiger partial charge in [-0.25, -0.2) is 9.67 Å². The van der Waals surface area contributed by atoms with Gasteiger partial charge < -0.3 is 10.2 Å². The molecule has 0 aliphatic heterocycles. The summed E-state index contributed by atoms with van der Waals surface area (Å²) in [5.74, 6) is -0.168. The second-order valence-electron chi connectivity index (χ2n) is 6.63. The maximum absolute atomic E-state index is 13.1. The van der Waals surface area contributed by atoms with Crippen LogP contribution in [0.15, 0.2) is 54.0 Å². The van der Waals surface area contributed by atoms with Crippen LogP contribution in [-0.4, -0.2) is 34.8 Å². The van der Waals surface area contributed by atoms with Crippen LogP contribution in [0, 0.1) is 0 Å². The van der Waals surface area contributed by atoms with Gasteiger partial charge in [0.05, 0.1) is 27.7 Å². The van der Waals surface area contributed by atoms with Crippen molar-refractivity contribution in [2.75, 3.05) is 24.3 Å². The van der Waals surface area contributed by atoms with Gasteiger partial charge in [-0.05, 0) is 48.7 Å². The molecule has 0 spiro atoms. The fraction of sp³-hybridized carbons (Fsp3) is 0.190. The summed E-state index contributed by atoms with van der Waals surface area (Å²) in [6.45, 7) is 2.70. The predicted octanol–water partition coefficient (Wildman–Crippen LogP) is 4.50. The zero-order valence-electron chi connectivity index (χ0n) is 16.0. The number of amides is 1. The fourth-order valence-electron chi connectivity index (χ4n) is 3.06. The number of hydrogen-bond donors (Lipinski definition) is 1. The molecule has 1 aromatic carbocycles. The Bertz CT molecular complexity index is 1110. The molecule has 142 valence electrons. The lowest BCUT2D eigenvalue weighted by atomic mass is 10.1. The highest BCUT2D eigenvalue weighted by molar-refractivity contribution is 7.13. The summed E-state index contributed by atoms with van der Waals surface area (Å²) in [5.41, 5.74) is 3.91. The van der Waals surface area contributed by atoms with Crippen LogP contribution in [0.2, 0.25) is 0 Å². The van der Waals surface area contributed by atoms with Gasteiger partial charge in [0.2, 0.25) is 0 Å². The lowest BCUT2D eigenvalue weighted by Gasteiger charge is -2.13. The molecule has 0 atom stereocenters. The third-order valence-corrected chi connectivity index (χ3v) is 5.46. The van der Waals surface area contributed by atoms with Crippen LogP contribution in [0.3, 0.4) is 0 Å². The average molecular weight is 392 g/mol. The number of aryl methyl sites for hydroxylation is 1. The molecule has 3 heterocycles. The minimum atomic E-state index is -0.168. The highest BCUT2D eigenvalue weighted by atomic mass is 32.1. The number of carbonyl (C=O) groups is 1. The van der Waals surface area contributed by atoms with Crippen molar-refractivity contribution in [3.8, 4) is 10.6 Å². The van der Waals surface area contributed by atoms with E-state index in [1.807, 2.05) is 78.4 Å². The molecule has 6 nitrogen and oxygen atoms in total. The van der Waals surface area contributed by atoms with Gasteiger partial charge in [-0.15, -0.1) is 11.3 Å². The van der Waals surface area contributed by atoms with Gasteiger partial charge in [0, 0.05) is 32.0 Å². The maximum atomic E-state index is 13.1. The van der Waals surface area contributed by atoms with Crippen molar-refractivity contribution < 1.29 is 4.79 Å². The first-order chi connectivity index (χ1) is 13.6. The molecule has 0 radical (unpaired) electrons. The van der Waals surface area contributed by atoms with Gasteiger partial charge in [-0.2, -0.15) is 5.10 Å². The van der Waals surface area contributed by atoms with Crippen LogP contribution < -0.4 is 10.2 Å². The van der Waals surface area contributed by atoms with E-state index in [4.69, 9.17) is 4.98 Å². The van der Waals surface area contributed by atoms with Crippen LogP contribution in [0.1, 0.15) is 17.3 Å². The molecule has 4 aromatic rings. The van der Waals surface area contributed by atoms with Crippen LogP contribution in [-0.2, 0) is 6.54 Å². The summed E-state index contributed by atoms with van der Waals surface area (Å²) < 4.78 is 1.81. The molecular formula is C21H21N5OS. The molecule has 0 bridgehead atoms. The molecule has 1 amide bonds. The number of carbonyl (C=O) groups excluding carboxylic acids is 1. The first-order valence-electron chi connectivity index (χ1n) is 9.06. The van der Waals surface area contributed by atoms with Crippen molar-refractivity contribution in [1.82, 2.24) is 14.8 Å². The van der Waals surface area contributed by atoms with Gasteiger partial charge in [-0.1, -0.05) is 6.07 Å². The quantitative estimate of drug-likeness (QED) is 0.544. The zero-order chi connectivity index (χ0) is 19.7. The Labute approximate surface area is 167 Å². The lowest BCUT2D eigenvalue weighted by Crippen LogP contribution is -2.13. The Hall–Kier alpha value is -3.19. The van der Waals surface area contributed by atoms with E-state index < -0.39 is 0 Å². The third-order valence-electron chi connectivity index (χ3n) is 4.57. The van der Waals surface area contributed by atoms with Crippen molar-refractivity contribution in [3.63, 3.8) is 0 Å². The molecule has 1 N–H and O–H groups in total. The number of aromatic nitrogens is 3. The highest BCUT2D eigenvalue weighted by Gasteiger charge is 2.18. The van der Waals surface area contributed by atoms with E-state index in [0.717, 1.165) is 33.0 Å². The number of nitrogens with zero attached hydrogens (tertiary/aromatic N) is 4. The summed E-state index contributed by atoms with van der Waals surface area (Å²) >= 11 is 1.60. The number of pyridine rings is 1. The Kier molecular flexibility index (Phi) is 4.83. The number of rotatable bonds is 5. The van der Waals surface area contributed by atoms with E-state index in [9.17, 15) is 4.79 Å². The molecule has 0 saturated heterocycles. The number of thiophene rings is 1. The van der Waals surface area contributed by atoms with E-state index in [1.54, 1.807) is 17.5 Å². The summed E-state index contributed by atoms with van der Waals surface area (Å²) in [7, 11) is 3.97. The number of nitrogens with one attached hydrogen (secondary N) is 1. The number of fused-ring (bicyclic) bond motifs is 1. The molecule has 0 aliphatic carbocycles. The second kappa shape index (κ2) is 7.44. The van der Waals surface area contributed by atoms with Gasteiger partial charge in [0.15, 0.2) is 5.65 Å². The van der Waals surface area contributed by atoms with Crippen molar-refractivity contribution in [2.45, 2.75) is 13.5 Å². The Balaban J connectivity index is 1.74. The molecule has 0 unspecified atom stereocenters. The molecule has 0 saturated carbocycles. The lowest BCUT2D eigenvalue weighted by molar-refractivity contribution is 0.102. The van der Waals surface area contributed by atoms with Crippen LogP contribution in [0.4, 0.5) is 11.4 Å². The highest BCUT2D eigenvalue weighted by Crippen LogP contribution is 2.28. The van der Waals surface area contributed by atoms with Gasteiger partial charge in [0.1, 0.15) is 0 Å². The SMILES string of the molecule is CCn1ncc2c(C(=O)Nc3ccc(N(C)C)cc3)cc(-c3cccs3)nc21. The molecule has 28 heavy (non-hydrogen) atoms.